The Labute approximate surface area is 159 Å². The first-order valence-corrected chi connectivity index (χ1v) is 10.6. The summed E-state index contributed by atoms with van der Waals surface area (Å²) in [4.78, 5) is 0. The molecule has 0 spiro atoms. The van der Waals surface area contributed by atoms with Gasteiger partial charge in [0.05, 0.1) is 13.2 Å². The quantitative estimate of drug-likeness (QED) is 0.428. The summed E-state index contributed by atoms with van der Waals surface area (Å²) in [5.74, 6) is 0.560. The van der Waals surface area contributed by atoms with Crippen LogP contribution in [0.25, 0.3) is 11.1 Å². The summed E-state index contributed by atoms with van der Waals surface area (Å²) < 4.78 is 12.0. The van der Waals surface area contributed by atoms with Crippen molar-refractivity contribution in [3.8, 4) is 11.1 Å². The van der Waals surface area contributed by atoms with Crippen molar-refractivity contribution in [2.24, 2.45) is 5.92 Å². The van der Waals surface area contributed by atoms with Gasteiger partial charge in [0.1, 0.15) is 0 Å². The van der Waals surface area contributed by atoms with Gasteiger partial charge in [-0.3, -0.25) is 0 Å². The Kier molecular flexibility index (Phi) is 7.97. The SMILES string of the molecule is CCCCCCCCCCC1COC(c2ccc3cccc-3cc2)OC1. The Balaban J connectivity index is 1.33. The van der Waals surface area contributed by atoms with Crippen LogP contribution in [0, 0.1) is 5.92 Å². The van der Waals surface area contributed by atoms with Gasteiger partial charge >= 0.3 is 0 Å². The molecule has 0 aromatic rings. The molecule has 1 saturated heterocycles. The van der Waals surface area contributed by atoms with Crippen LogP contribution in [0.1, 0.15) is 76.6 Å². The van der Waals surface area contributed by atoms with Crippen molar-refractivity contribution < 1.29 is 9.47 Å². The monoisotopic (exact) mass is 354 g/mol. The lowest BCUT2D eigenvalue weighted by Crippen LogP contribution is -2.26. The first-order chi connectivity index (χ1) is 12.9. The molecule has 0 saturated carbocycles. The van der Waals surface area contributed by atoms with E-state index >= 15 is 0 Å². The van der Waals surface area contributed by atoms with E-state index in [0.717, 1.165) is 18.8 Å². The summed E-state index contributed by atoms with van der Waals surface area (Å²) in [6.45, 7) is 3.93. The first kappa shape index (κ1) is 19.4. The Morgan fingerprint density at radius 3 is 1.92 bits per heavy atom. The summed E-state index contributed by atoms with van der Waals surface area (Å²) in [6.07, 6.45) is 12.0. The van der Waals surface area contributed by atoms with E-state index < -0.39 is 0 Å². The molecule has 2 aliphatic carbocycles. The molecule has 2 heteroatoms. The van der Waals surface area contributed by atoms with Crippen LogP contribution < -0.4 is 0 Å². The highest BCUT2D eigenvalue weighted by molar-refractivity contribution is 5.65. The largest absolute Gasteiger partial charge is 0.348 e. The fourth-order valence-corrected chi connectivity index (χ4v) is 3.81. The molecule has 0 atom stereocenters. The molecule has 0 aromatic carbocycles. The van der Waals surface area contributed by atoms with E-state index in [9.17, 15) is 0 Å². The molecule has 0 N–H and O–H groups in total. The molecule has 0 bridgehead atoms. The van der Waals surface area contributed by atoms with Crippen molar-refractivity contribution in [3.05, 3.63) is 48.0 Å². The van der Waals surface area contributed by atoms with Gasteiger partial charge in [-0.25, -0.2) is 0 Å². The zero-order chi connectivity index (χ0) is 18.0. The fourth-order valence-electron chi connectivity index (χ4n) is 3.81. The van der Waals surface area contributed by atoms with E-state index in [-0.39, 0.29) is 6.29 Å². The van der Waals surface area contributed by atoms with Gasteiger partial charge in [0.15, 0.2) is 6.29 Å². The summed E-state index contributed by atoms with van der Waals surface area (Å²) in [7, 11) is 0. The second kappa shape index (κ2) is 10.7. The van der Waals surface area contributed by atoms with Crippen molar-refractivity contribution in [1.82, 2.24) is 0 Å². The highest BCUT2D eigenvalue weighted by Gasteiger charge is 2.23. The lowest BCUT2D eigenvalue weighted by atomic mass is 10.0. The van der Waals surface area contributed by atoms with Crippen molar-refractivity contribution in [2.45, 2.75) is 71.0 Å². The average Bonchev–Trinajstić information content (AvgIpc) is 3.03. The predicted octanol–water partition coefficient (Wildman–Crippen LogP) is 6.98. The fraction of sp³-hybridized carbons (Fsp3) is 0.583. The second-order valence-electron chi connectivity index (χ2n) is 7.73. The van der Waals surface area contributed by atoms with E-state index in [1.807, 2.05) is 0 Å². The standard InChI is InChI=1S/C24H34O2/c1-2-3-4-5-6-7-8-9-11-20-18-25-24(26-19-20)23-16-14-21-12-10-13-22(21)15-17-23/h10,12-17,20,24H,2-9,11,18-19H2,1H3. The molecule has 1 aliphatic heterocycles. The molecule has 0 aromatic heterocycles. The van der Waals surface area contributed by atoms with Crippen molar-refractivity contribution >= 4 is 0 Å². The molecule has 142 valence electrons. The number of rotatable bonds is 10. The van der Waals surface area contributed by atoms with Gasteiger partial charge < -0.3 is 9.47 Å². The van der Waals surface area contributed by atoms with E-state index in [2.05, 4.69) is 49.4 Å². The minimum Gasteiger partial charge on any atom is -0.348 e. The Bertz CT molecular complexity index is 570. The van der Waals surface area contributed by atoms with Gasteiger partial charge in [-0.1, -0.05) is 101 Å². The molecule has 0 unspecified atom stereocenters. The predicted molar refractivity (Wildman–Crippen MR) is 108 cm³/mol. The molecule has 1 fully saturated rings. The van der Waals surface area contributed by atoms with Gasteiger partial charge in [0.25, 0.3) is 0 Å². The molecule has 2 nitrogen and oxygen atoms in total. The lowest BCUT2D eigenvalue weighted by molar-refractivity contribution is -0.206. The molecular weight excluding hydrogens is 320 g/mol. The minimum absolute atomic E-state index is 0.207. The van der Waals surface area contributed by atoms with Crippen LogP contribution >= 0.6 is 0 Å². The molecule has 3 aliphatic rings. The molecule has 26 heavy (non-hydrogen) atoms. The highest BCUT2D eigenvalue weighted by Crippen LogP contribution is 2.29. The van der Waals surface area contributed by atoms with Crippen molar-refractivity contribution in [1.29, 1.82) is 0 Å². The Hall–Kier alpha value is -1.38. The zero-order valence-electron chi connectivity index (χ0n) is 16.3. The maximum Gasteiger partial charge on any atom is 0.183 e. The average molecular weight is 355 g/mol. The number of fused-ring (bicyclic) bond motifs is 1. The van der Waals surface area contributed by atoms with Gasteiger partial charge in [-0.05, 0) is 17.5 Å². The number of hydrogen-bond donors (Lipinski definition) is 0. The Morgan fingerprint density at radius 2 is 1.31 bits per heavy atom. The Morgan fingerprint density at radius 1 is 0.731 bits per heavy atom. The summed E-state index contributed by atoms with van der Waals surface area (Å²) in [6, 6.07) is 14.9. The van der Waals surface area contributed by atoms with Crippen molar-refractivity contribution in [3.63, 3.8) is 0 Å². The van der Waals surface area contributed by atoms with Crippen LogP contribution in [0.3, 0.4) is 0 Å². The number of ether oxygens (including phenoxy) is 2. The van der Waals surface area contributed by atoms with Gasteiger partial charge in [0, 0.05) is 11.5 Å². The maximum absolute atomic E-state index is 6.02. The topological polar surface area (TPSA) is 18.5 Å². The van der Waals surface area contributed by atoms with Crippen LogP contribution in [-0.4, -0.2) is 13.2 Å². The van der Waals surface area contributed by atoms with Crippen molar-refractivity contribution in [2.75, 3.05) is 13.2 Å². The maximum atomic E-state index is 6.02. The van der Waals surface area contributed by atoms with E-state index in [0.29, 0.717) is 5.92 Å². The lowest BCUT2D eigenvalue weighted by Gasteiger charge is -2.29. The number of unbranched alkanes of at least 4 members (excludes halogenated alkanes) is 7. The minimum atomic E-state index is -0.207. The number of hydrogen-bond acceptors (Lipinski definition) is 2. The summed E-state index contributed by atoms with van der Waals surface area (Å²) in [5, 5.41) is 0. The van der Waals surface area contributed by atoms with Gasteiger partial charge in [-0.2, -0.15) is 0 Å². The first-order valence-electron chi connectivity index (χ1n) is 10.6. The van der Waals surface area contributed by atoms with Crippen LogP contribution in [0.4, 0.5) is 0 Å². The van der Waals surface area contributed by atoms with E-state index in [1.54, 1.807) is 0 Å². The van der Waals surface area contributed by atoms with Crippen LogP contribution in [-0.2, 0) is 9.47 Å². The molecular formula is C24H34O2. The smallest absolute Gasteiger partial charge is 0.183 e. The van der Waals surface area contributed by atoms with Crippen LogP contribution in [0.15, 0.2) is 42.5 Å². The normalized spacial score (nSPS) is 20.5. The summed E-state index contributed by atoms with van der Waals surface area (Å²) in [5.41, 5.74) is 3.64. The summed E-state index contributed by atoms with van der Waals surface area (Å²) >= 11 is 0. The third kappa shape index (κ3) is 5.82. The van der Waals surface area contributed by atoms with E-state index in [1.165, 1.54) is 68.9 Å². The third-order valence-corrected chi connectivity index (χ3v) is 5.50. The molecule has 1 heterocycles. The van der Waals surface area contributed by atoms with Gasteiger partial charge in [0.2, 0.25) is 0 Å². The van der Waals surface area contributed by atoms with Gasteiger partial charge in [-0.15, -0.1) is 0 Å². The zero-order valence-corrected chi connectivity index (χ0v) is 16.3. The molecule has 0 radical (unpaired) electrons. The molecule has 0 amide bonds. The van der Waals surface area contributed by atoms with E-state index in [4.69, 9.17) is 9.47 Å². The third-order valence-electron chi connectivity index (χ3n) is 5.50. The molecule has 3 rings (SSSR count). The van der Waals surface area contributed by atoms with Crippen LogP contribution in [0.2, 0.25) is 0 Å². The highest BCUT2D eigenvalue weighted by atomic mass is 16.7. The van der Waals surface area contributed by atoms with Crippen LogP contribution in [0.5, 0.6) is 0 Å². The second-order valence-corrected chi connectivity index (χ2v) is 7.73.